The van der Waals surface area contributed by atoms with Gasteiger partial charge in [0.25, 0.3) is 0 Å². The zero-order valence-corrected chi connectivity index (χ0v) is 11.1. The largest absolute Gasteiger partial charge is 0.379 e. The van der Waals surface area contributed by atoms with Crippen molar-refractivity contribution in [3.05, 3.63) is 23.0 Å². The molecule has 0 spiro atoms. The zero-order chi connectivity index (χ0) is 13.1. The van der Waals surface area contributed by atoms with Crippen molar-refractivity contribution in [2.24, 2.45) is 5.92 Å². The summed E-state index contributed by atoms with van der Waals surface area (Å²) in [6.45, 7) is 2.85. The van der Waals surface area contributed by atoms with Gasteiger partial charge in [-0.1, -0.05) is 11.6 Å². The molecule has 2 heterocycles. The van der Waals surface area contributed by atoms with Gasteiger partial charge in [0.2, 0.25) is 5.91 Å². The molecule has 0 aliphatic carbocycles. The summed E-state index contributed by atoms with van der Waals surface area (Å²) in [7, 11) is 1.83. The lowest BCUT2D eigenvalue weighted by molar-refractivity contribution is -0.120. The number of ether oxygens (including phenoxy) is 1. The molecule has 2 atom stereocenters. The SMILES string of the molecule is CNC1COCC1C(=O)Nc1cnc(Cl)c(C)c1. The van der Waals surface area contributed by atoms with Crippen LogP contribution in [0, 0.1) is 12.8 Å². The highest BCUT2D eigenvalue weighted by molar-refractivity contribution is 6.30. The van der Waals surface area contributed by atoms with Crippen molar-refractivity contribution in [3.63, 3.8) is 0 Å². The fourth-order valence-corrected chi connectivity index (χ4v) is 2.06. The van der Waals surface area contributed by atoms with Crippen LogP contribution < -0.4 is 10.6 Å². The number of amides is 1. The highest BCUT2D eigenvalue weighted by Crippen LogP contribution is 2.19. The summed E-state index contributed by atoms with van der Waals surface area (Å²) < 4.78 is 5.30. The first-order chi connectivity index (χ1) is 8.61. The second-order valence-electron chi connectivity index (χ2n) is 4.36. The first-order valence-corrected chi connectivity index (χ1v) is 6.17. The van der Waals surface area contributed by atoms with Gasteiger partial charge in [0.15, 0.2) is 0 Å². The van der Waals surface area contributed by atoms with Crippen LogP contribution in [0.15, 0.2) is 12.3 Å². The molecule has 1 aliphatic heterocycles. The number of halogens is 1. The standard InChI is InChI=1S/C12H16ClN3O2/c1-7-3-8(4-15-11(7)13)16-12(17)9-5-18-6-10(9)14-2/h3-4,9-10,14H,5-6H2,1-2H3,(H,16,17). The van der Waals surface area contributed by atoms with Crippen LogP contribution in [0.5, 0.6) is 0 Å². The number of pyridine rings is 1. The van der Waals surface area contributed by atoms with Crippen molar-refractivity contribution in [3.8, 4) is 0 Å². The number of carbonyl (C=O) groups is 1. The molecule has 1 fully saturated rings. The molecule has 5 nitrogen and oxygen atoms in total. The molecule has 1 saturated heterocycles. The average Bonchev–Trinajstić information content (AvgIpc) is 2.82. The van der Waals surface area contributed by atoms with Crippen LogP contribution in [0.2, 0.25) is 5.15 Å². The molecule has 2 rings (SSSR count). The maximum Gasteiger partial charge on any atom is 0.231 e. The highest BCUT2D eigenvalue weighted by atomic mass is 35.5. The second-order valence-corrected chi connectivity index (χ2v) is 4.72. The van der Waals surface area contributed by atoms with E-state index in [0.29, 0.717) is 24.1 Å². The molecule has 1 aromatic heterocycles. The molecule has 2 N–H and O–H groups in total. The molecule has 0 radical (unpaired) electrons. The Morgan fingerprint density at radius 2 is 2.33 bits per heavy atom. The Labute approximate surface area is 111 Å². The van der Waals surface area contributed by atoms with Crippen LogP contribution >= 0.6 is 11.6 Å². The molecule has 18 heavy (non-hydrogen) atoms. The van der Waals surface area contributed by atoms with Crippen LogP contribution in [0.1, 0.15) is 5.56 Å². The zero-order valence-electron chi connectivity index (χ0n) is 10.4. The topological polar surface area (TPSA) is 63.2 Å². The fraction of sp³-hybridized carbons (Fsp3) is 0.500. The predicted molar refractivity (Wildman–Crippen MR) is 69.8 cm³/mol. The number of anilines is 1. The second kappa shape index (κ2) is 5.65. The van der Waals surface area contributed by atoms with Crippen LogP contribution in [-0.4, -0.2) is 37.2 Å². The molecule has 0 saturated carbocycles. The molecular formula is C12H16ClN3O2. The molecule has 98 valence electrons. The maximum atomic E-state index is 12.1. The van der Waals surface area contributed by atoms with Crippen molar-refractivity contribution in [1.29, 1.82) is 0 Å². The number of nitrogens with one attached hydrogen (secondary N) is 2. The Morgan fingerprint density at radius 1 is 1.56 bits per heavy atom. The van der Waals surface area contributed by atoms with Gasteiger partial charge in [-0.15, -0.1) is 0 Å². The third-order valence-corrected chi connectivity index (χ3v) is 3.47. The van der Waals surface area contributed by atoms with Crippen LogP contribution in [0.3, 0.4) is 0 Å². The van der Waals surface area contributed by atoms with Gasteiger partial charge in [0, 0.05) is 6.04 Å². The quantitative estimate of drug-likeness (QED) is 0.810. The lowest BCUT2D eigenvalue weighted by Gasteiger charge is -2.16. The van der Waals surface area contributed by atoms with Gasteiger partial charge in [-0.3, -0.25) is 4.79 Å². The van der Waals surface area contributed by atoms with Gasteiger partial charge >= 0.3 is 0 Å². The van der Waals surface area contributed by atoms with Crippen molar-refractivity contribution in [1.82, 2.24) is 10.3 Å². The smallest absolute Gasteiger partial charge is 0.231 e. The molecule has 0 aromatic carbocycles. The Balaban J connectivity index is 2.04. The molecule has 1 amide bonds. The third kappa shape index (κ3) is 2.80. The van der Waals surface area contributed by atoms with E-state index in [1.807, 2.05) is 14.0 Å². The Hall–Kier alpha value is -1.17. The summed E-state index contributed by atoms with van der Waals surface area (Å²) in [4.78, 5) is 16.1. The number of rotatable bonds is 3. The molecule has 1 aliphatic rings. The maximum absolute atomic E-state index is 12.1. The van der Waals surface area contributed by atoms with Crippen molar-refractivity contribution < 1.29 is 9.53 Å². The van der Waals surface area contributed by atoms with Crippen LogP contribution in [-0.2, 0) is 9.53 Å². The monoisotopic (exact) mass is 269 g/mol. The van der Waals surface area contributed by atoms with Crippen LogP contribution in [0.4, 0.5) is 5.69 Å². The van der Waals surface area contributed by atoms with Gasteiger partial charge in [-0.25, -0.2) is 4.98 Å². The number of likely N-dealkylation sites (N-methyl/N-ethyl adjacent to an activating group) is 1. The average molecular weight is 270 g/mol. The van der Waals surface area contributed by atoms with Gasteiger partial charge in [-0.05, 0) is 25.6 Å². The number of hydrogen-bond acceptors (Lipinski definition) is 4. The molecule has 6 heteroatoms. The van der Waals surface area contributed by atoms with Gasteiger partial charge in [-0.2, -0.15) is 0 Å². The summed E-state index contributed by atoms with van der Waals surface area (Å²) in [6.07, 6.45) is 1.55. The molecule has 2 unspecified atom stereocenters. The van der Waals surface area contributed by atoms with E-state index >= 15 is 0 Å². The summed E-state index contributed by atoms with van der Waals surface area (Å²) in [6, 6.07) is 1.86. The summed E-state index contributed by atoms with van der Waals surface area (Å²) in [5, 5.41) is 6.36. The van der Waals surface area contributed by atoms with Gasteiger partial charge < -0.3 is 15.4 Å². The Bertz CT molecular complexity index is 453. The molecular weight excluding hydrogens is 254 g/mol. The van der Waals surface area contributed by atoms with Gasteiger partial charge in [0.05, 0.1) is 31.0 Å². The Morgan fingerprint density at radius 3 is 3.00 bits per heavy atom. The van der Waals surface area contributed by atoms with Crippen molar-refractivity contribution >= 4 is 23.2 Å². The lowest BCUT2D eigenvalue weighted by Crippen LogP contribution is -2.39. The normalized spacial score (nSPS) is 23.1. The molecule has 0 bridgehead atoms. The summed E-state index contributed by atoms with van der Waals surface area (Å²) in [5.74, 6) is -0.235. The minimum absolute atomic E-state index is 0.0598. The van der Waals surface area contributed by atoms with E-state index in [1.165, 1.54) is 0 Å². The van der Waals surface area contributed by atoms with E-state index in [1.54, 1.807) is 12.3 Å². The predicted octanol–water partition coefficient (Wildman–Crippen LogP) is 1.22. The number of aromatic nitrogens is 1. The van der Waals surface area contributed by atoms with E-state index in [4.69, 9.17) is 16.3 Å². The number of hydrogen-bond donors (Lipinski definition) is 2. The molecule has 1 aromatic rings. The van der Waals surface area contributed by atoms with Crippen molar-refractivity contribution in [2.45, 2.75) is 13.0 Å². The van der Waals surface area contributed by atoms with E-state index in [2.05, 4.69) is 15.6 Å². The minimum Gasteiger partial charge on any atom is -0.379 e. The van der Waals surface area contributed by atoms with E-state index in [9.17, 15) is 4.79 Å². The first-order valence-electron chi connectivity index (χ1n) is 5.80. The fourth-order valence-electron chi connectivity index (χ4n) is 1.96. The van der Waals surface area contributed by atoms with E-state index in [0.717, 1.165) is 5.56 Å². The third-order valence-electron chi connectivity index (χ3n) is 3.07. The van der Waals surface area contributed by atoms with Crippen LogP contribution in [0.25, 0.3) is 0 Å². The number of carbonyl (C=O) groups excluding carboxylic acids is 1. The minimum atomic E-state index is -0.175. The van der Waals surface area contributed by atoms with E-state index in [-0.39, 0.29) is 17.9 Å². The number of aryl methyl sites for hydroxylation is 1. The Kier molecular flexibility index (Phi) is 4.16. The lowest BCUT2D eigenvalue weighted by atomic mass is 10.0. The summed E-state index contributed by atoms with van der Waals surface area (Å²) in [5.41, 5.74) is 1.49. The van der Waals surface area contributed by atoms with Crippen molar-refractivity contribution in [2.75, 3.05) is 25.6 Å². The first kappa shape index (κ1) is 13.3. The summed E-state index contributed by atoms with van der Waals surface area (Å²) >= 11 is 5.84. The van der Waals surface area contributed by atoms with E-state index < -0.39 is 0 Å². The highest BCUT2D eigenvalue weighted by Gasteiger charge is 2.32. The number of nitrogens with zero attached hydrogens (tertiary/aromatic N) is 1. The van der Waals surface area contributed by atoms with Gasteiger partial charge in [0.1, 0.15) is 5.15 Å².